The van der Waals surface area contributed by atoms with Gasteiger partial charge in [-0.25, -0.2) is 13.2 Å². The molecule has 2 N–H and O–H groups in total. The largest absolute Gasteiger partial charge is 0.481 e. The van der Waals surface area contributed by atoms with Crippen molar-refractivity contribution in [3.8, 4) is 5.75 Å². The van der Waals surface area contributed by atoms with Gasteiger partial charge in [0.15, 0.2) is 6.61 Å². The Bertz CT molecular complexity index is 863. The molecule has 0 aliphatic heterocycles. The minimum absolute atomic E-state index is 0.0171. The maximum Gasteiger partial charge on any atom is 0.341 e. The number of ether oxygens (including phenoxy) is 1. The first kappa shape index (κ1) is 18.1. The van der Waals surface area contributed by atoms with Crippen molar-refractivity contribution < 1.29 is 23.1 Å². The van der Waals surface area contributed by atoms with Crippen molar-refractivity contribution in [3.63, 3.8) is 0 Å². The zero-order valence-corrected chi connectivity index (χ0v) is 14.6. The van der Waals surface area contributed by atoms with Gasteiger partial charge < -0.3 is 9.84 Å². The molecule has 0 saturated carbocycles. The Morgan fingerprint density at radius 3 is 2.38 bits per heavy atom. The SMILES string of the molecule is Cc1ccc(S(=O)(=O)Nc2ccc(Cl)cc2)c(C)c1OCC(=O)O. The Morgan fingerprint density at radius 2 is 1.79 bits per heavy atom. The van der Waals surface area contributed by atoms with Gasteiger partial charge in [-0.05, 0) is 49.7 Å². The second-order valence-corrected chi connectivity index (χ2v) is 7.22. The Morgan fingerprint density at radius 1 is 1.17 bits per heavy atom. The van der Waals surface area contributed by atoms with Gasteiger partial charge >= 0.3 is 5.97 Å². The van der Waals surface area contributed by atoms with Crippen LogP contribution in [0, 0.1) is 13.8 Å². The molecule has 0 saturated heterocycles. The van der Waals surface area contributed by atoms with Crippen molar-refractivity contribution >= 4 is 33.3 Å². The molecular weight excluding hydrogens is 354 g/mol. The van der Waals surface area contributed by atoms with E-state index in [9.17, 15) is 13.2 Å². The first-order valence-corrected chi connectivity index (χ1v) is 8.80. The number of carboxylic acid groups (broad SMARTS) is 1. The van der Waals surface area contributed by atoms with Crippen LogP contribution in [0.1, 0.15) is 11.1 Å². The van der Waals surface area contributed by atoms with Gasteiger partial charge in [0.25, 0.3) is 10.0 Å². The van der Waals surface area contributed by atoms with E-state index < -0.39 is 22.6 Å². The van der Waals surface area contributed by atoms with E-state index in [0.29, 0.717) is 21.8 Å². The molecule has 8 heteroatoms. The number of aryl methyl sites for hydroxylation is 1. The zero-order chi connectivity index (χ0) is 17.9. The zero-order valence-electron chi connectivity index (χ0n) is 13.0. The van der Waals surface area contributed by atoms with E-state index in [1.165, 1.54) is 6.07 Å². The number of aliphatic carboxylic acids is 1. The highest BCUT2D eigenvalue weighted by molar-refractivity contribution is 7.92. The molecule has 0 aliphatic carbocycles. The van der Waals surface area contributed by atoms with Gasteiger partial charge in [-0.15, -0.1) is 0 Å². The molecule has 6 nitrogen and oxygen atoms in total. The third-order valence-corrected chi connectivity index (χ3v) is 5.06. The van der Waals surface area contributed by atoms with Crippen molar-refractivity contribution in [2.45, 2.75) is 18.7 Å². The number of carbonyl (C=O) groups is 1. The number of hydrogen-bond acceptors (Lipinski definition) is 4. The van der Waals surface area contributed by atoms with Crippen LogP contribution in [0.4, 0.5) is 5.69 Å². The lowest BCUT2D eigenvalue weighted by Crippen LogP contribution is -2.16. The smallest absolute Gasteiger partial charge is 0.341 e. The van der Waals surface area contributed by atoms with Gasteiger partial charge in [0.05, 0.1) is 4.90 Å². The second-order valence-electron chi connectivity index (χ2n) is 5.13. The molecular formula is C16H16ClNO5S. The summed E-state index contributed by atoms with van der Waals surface area (Å²) < 4.78 is 32.9. The van der Waals surface area contributed by atoms with Crippen LogP contribution < -0.4 is 9.46 Å². The lowest BCUT2D eigenvalue weighted by Gasteiger charge is -2.15. The number of anilines is 1. The average Bonchev–Trinajstić information content (AvgIpc) is 2.48. The summed E-state index contributed by atoms with van der Waals surface area (Å²) >= 11 is 5.78. The van der Waals surface area contributed by atoms with Gasteiger partial charge in [0.1, 0.15) is 5.75 Å². The van der Waals surface area contributed by atoms with Crippen molar-refractivity contribution in [1.29, 1.82) is 0 Å². The standard InChI is InChI=1S/C16H16ClNO5S/c1-10-3-8-14(11(2)16(10)23-9-15(19)20)24(21,22)18-13-6-4-12(17)5-7-13/h3-8,18H,9H2,1-2H3,(H,19,20). The van der Waals surface area contributed by atoms with Gasteiger partial charge in [-0.3, -0.25) is 4.72 Å². The number of nitrogens with one attached hydrogen (secondary N) is 1. The molecule has 0 spiro atoms. The molecule has 2 aromatic rings. The number of rotatable bonds is 6. The highest BCUT2D eigenvalue weighted by Gasteiger charge is 2.21. The van der Waals surface area contributed by atoms with E-state index in [4.69, 9.17) is 21.4 Å². The first-order chi connectivity index (χ1) is 11.2. The molecule has 2 aromatic carbocycles. The molecule has 0 atom stereocenters. The van der Waals surface area contributed by atoms with Crippen molar-refractivity contribution in [2.24, 2.45) is 0 Å². The summed E-state index contributed by atoms with van der Waals surface area (Å²) in [6, 6.07) is 9.26. The summed E-state index contributed by atoms with van der Waals surface area (Å²) in [6.45, 7) is 2.74. The first-order valence-electron chi connectivity index (χ1n) is 6.94. The Hall–Kier alpha value is -2.25. The molecule has 0 heterocycles. The summed E-state index contributed by atoms with van der Waals surface area (Å²) in [7, 11) is -3.86. The highest BCUT2D eigenvalue weighted by Crippen LogP contribution is 2.30. The lowest BCUT2D eigenvalue weighted by atomic mass is 10.1. The number of halogens is 1. The number of benzene rings is 2. The van der Waals surface area contributed by atoms with Crippen LogP contribution >= 0.6 is 11.6 Å². The van der Waals surface area contributed by atoms with Crippen LogP contribution in [-0.2, 0) is 14.8 Å². The Balaban J connectivity index is 2.37. The normalized spacial score (nSPS) is 11.1. The summed E-state index contributed by atoms with van der Waals surface area (Å²) in [4.78, 5) is 10.7. The molecule has 0 amide bonds. The summed E-state index contributed by atoms with van der Waals surface area (Å²) in [6.07, 6.45) is 0. The molecule has 0 bridgehead atoms. The van der Waals surface area contributed by atoms with Crippen LogP contribution in [-0.4, -0.2) is 26.1 Å². The van der Waals surface area contributed by atoms with Gasteiger partial charge in [-0.1, -0.05) is 17.7 Å². The quantitative estimate of drug-likeness (QED) is 0.815. The number of sulfonamides is 1. The van der Waals surface area contributed by atoms with Crippen LogP contribution in [0.2, 0.25) is 5.02 Å². The topological polar surface area (TPSA) is 92.7 Å². The third kappa shape index (κ3) is 4.18. The summed E-state index contributed by atoms with van der Waals surface area (Å²) in [5.74, 6) is -0.891. The van der Waals surface area contributed by atoms with E-state index in [0.717, 1.165) is 0 Å². The molecule has 0 fully saturated rings. The van der Waals surface area contributed by atoms with Crippen LogP contribution in [0.5, 0.6) is 5.75 Å². The molecule has 2 rings (SSSR count). The fourth-order valence-electron chi connectivity index (χ4n) is 2.18. The van der Waals surface area contributed by atoms with Gasteiger partial charge in [-0.2, -0.15) is 0 Å². The third-order valence-electron chi connectivity index (χ3n) is 3.28. The maximum atomic E-state index is 12.6. The van der Waals surface area contributed by atoms with Gasteiger partial charge in [0, 0.05) is 16.3 Å². The Kier molecular flexibility index (Phi) is 5.36. The molecule has 24 heavy (non-hydrogen) atoms. The fraction of sp³-hybridized carbons (Fsp3) is 0.188. The Labute approximate surface area is 145 Å². The van der Waals surface area contributed by atoms with Crippen LogP contribution in [0.15, 0.2) is 41.3 Å². The minimum Gasteiger partial charge on any atom is -0.481 e. The summed E-state index contributed by atoms with van der Waals surface area (Å²) in [5, 5.41) is 9.23. The maximum absolute atomic E-state index is 12.6. The van der Waals surface area contributed by atoms with Crippen LogP contribution in [0.3, 0.4) is 0 Å². The average molecular weight is 370 g/mol. The lowest BCUT2D eigenvalue weighted by molar-refractivity contribution is -0.139. The second kappa shape index (κ2) is 7.11. The van der Waals surface area contributed by atoms with E-state index >= 15 is 0 Å². The summed E-state index contributed by atoms with van der Waals surface area (Å²) in [5.41, 5.74) is 1.37. The minimum atomic E-state index is -3.86. The molecule has 0 unspecified atom stereocenters. The number of carboxylic acids is 1. The molecule has 0 radical (unpaired) electrons. The van der Waals surface area contributed by atoms with E-state index in [1.54, 1.807) is 44.2 Å². The van der Waals surface area contributed by atoms with Crippen molar-refractivity contribution in [2.75, 3.05) is 11.3 Å². The molecule has 0 aromatic heterocycles. The van der Waals surface area contributed by atoms with Gasteiger partial charge in [0.2, 0.25) is 0 Å². The highest BCUT2D eigenvalue weighted by atomic mass is 35.5. The van der Waals surface area contributed by atoms with Crippen molar-refractivity contribution in [1.82, 2.24) is 0 Å². The van der Waals surface area contributed by atoms with Crippen molar-refractivity contribution in [3.05, 3.63) is 52.5 Å². The monoisotopic (exact) mass is 369 g/mol. The van der Waals surface area contributed by atoms with Crippen LogP contribution in [0.25, 0.3) is 0 Å². The van der Waals surface area contributed by atoms with E-state index in [-0.39, 0.29) is 10.6 Å². The van der Waals surface area contributed by atoms with E-state index in [2.05, 4.69) is 4.72 Å². The fourth-order valence-corrected chi connectivity index (χ4v) is 3.61. The predicted octanol–water partition coefficient (Wildman–Crippen LogP) is 3.22. The number of hydrogen-bond donors (Lipinski definition) is 2. The molecule has 128 valence electrons. The molecule has 0 aliphatic rings. The van der Waals surface area contributed by atoms with E-state index in [1.807, 2.05) is 0 Å². The predicted molar refractivity (Wildman–Crippen MR) is 91.3 cm³/mol.